The number of hydrogen-bond donors (Lipinski definition) is 2. The van der Waals surface area contributed by atoms with Gasteiger partial charge in [0.1, 0.15) is 13.5 Å². The number of carbonyl (C=O) groups is 2. The van der Waals surface area contributed by atoms with E-state index in [-0.39, 0.29) is 0 Å². The van der Waals surface area contributed by atoms with E-state index in [0.717, 1.165) is 55.3 Å². The van der Waals surface area contributed by atoms with Crippen molar-refractivity contribution in [2.24, 2.45) is 5.73 Å². The number of benzene rings is 2. The van der Waals surface area contributed by atoms with E-state index < -0.39 is 28.0 Å². The van der Waals surface area contributed by atoms with Crippen molar-refractivity contribution < 1.29 is 24.2 Å². The van der Waals surface area contributed by atoms with Gasteiger partial charge in [-0.3, -0.25) is 4.79 Å². The number of ether oxygens (including phenoxy) is 2. The summed E-state index contributed by atoms with van der Waals surface area (Å²) in [5, 5.41) is 11.3. The second-order valence-corrected chi connectivity index (χ2v) is 26.5. The van der Waals surface area contributed by atoms with Crippen LogP contribution in [0.4, 0.5) is 0 Å². The van der Waals surface area contributed by atoms with Gasteiger partial charge in [0.2, 0.25) is 0 Å². The van der Waals surface area contributed by atoms with Gasteiger partial charge in [-0.05, 0) is 62.3 Å². The molecule has 0 aliphatic rings. The number of primary amides is 1. The maximum absolute atomic E-state index is 11.7. The predicted octanol–water partition coefficient (Wildman–Crippen LogP) is 8.85. The lowest BCUT2D eigenvalue weighted by Crippen LogP contribution is -2.22. The highest BCUT2D eigenvalue weighted by Gasteiger charge is 2.19. The highest BCUT2D eigenvalue weighted by Crippen LogP contribution is 2.31. The highest BCUT2D eigenvalue weighted by atomic mass is 79.9. The van der Waals surface area contributed by atoms with Crippen LogP contribution in [0.2, 0.25) is 51.4 Å². The molecular formula is C32H45Br2N3O5Si2. The van der Waals surface area contributed by atoms with E-state index in [0.29, 0.717) is 36.7 Å². The first kappa shape index (κ1) is 36.2. The Labute approximate surface area is 279 Å². The molecule has 0 unspecified atom stereocenters. The fourth-order valence-corrected chi connectivity index (χ4v) is 7.10. The number of nitrogens with zero attached hydrogens (tertiary/aromatic N) is 2. The van der Waals surface area contributed by atoms with Crippen LogP contribution in [0, 0.1) is 13.8 Å². The van der Waals surface area contributed by atoms with Crippen LogP contribution in [-0.4, -0.2) is 55.5 Å². The molecule has 4 rings (SSSR count). The van der Waals surface area contributed by atoms with Gasteiger partial charge in [0, 0.05) is 60.5 Å². The van der Waals surface area contributed by atoms with Crippen LogP contribution in [0.15, 0.2) is 45.3 Å². The van der Waals surface area contributed by atoms with Crippen molar-refractivity contribution in [3.8, 4) is 0 Å². The third kappa shape index (κ3) is 9.40. The third-order valence-corrected chi connectivity index (χ3v) is 12.1. The van der Waals surface area contributed by atoms with E-state index in [2.05, 4.69) is 71.1 Å². The molecule has 1 amide bonds. The zero-order valence-corrected chi connectivity index (χ0v) is 32.2. The van der Waals surface area contributed by atoms with Gasteiger partial charge >= 0.3 is 5.97 Å². The maximum Gasteiger partial charge on any atom is 0.337 e. The molecule has 240 valence electrons. The number of aryl methyl sites for hydroxylation is 2. The first-order chi connectivity index (χ1) is 20.4. The number of carboxylic acids is 1. The highest BCUT2D eigenvalue weighted by molar-refractivity contribution is 9.11. The van der Waals surface area contributed by atoms with E-state index in [1.807, 2.05) is 41.2 Å². The minimum Gasteiger partial charge on any atom is -0.478 e. The van der Waals surface area contributed by atoms with Crippen LogP contribution in [0.5, 0.6) is 0 Å². The molecule has 2 aromatic carbocycles. The van der Waals surface area contributed by atoms with Crippen molar-refractivity contribution in [3.05, 3.63) is 67.9 Å². The van der Waals surface area contributed by atoms with Crippen LogP contribution in [0.3, 0.4) is 0 Å². The Balaban J connectivity index is 0.000000240. The predicted molar refractivity (Wildman–Crippen MR) is 192 cm³/mol. The summed E-state index contributed by atoms with van der Waals surface area (Å²) in [5.41, 5.74) is 9.96. The van der Waals surface area contributed by atoms with Crippen molar-refractivity contribution in [1.29, 1.82) is 0 Å². The summed E-state index contributed by atoms with van der Waals surface area (Å²) in [4.78, 5) is 23.2. The molecule has 0 spiro atoms. The van der Waals surface area contributed by atoms with Crippen LogP contribution < -0.4 is 5.73 Å². The minimum atomic E-state index is -1.12. The topological polar surface area (TPSA) is 109 Å². The standard InChI is InChI=1S/C16H23BrN2O2Si.C16H22BrNO3Si/c1-11-9-13-14(17)6-5-12(16(18)20)15(13)19(11)10-21-7-8-22(2,3)4;1-11-9-13-14(17)6-5-12(16(19)20)15(13)18(11)10-21-7-8-22(2,3)4/h5-6,9H,7-8,10H2,1-4H3,(H2,18,20);5-6,9H,7-8,10H2,1-4H3,(H,19,20). The molecule has 0 fully saturated rings. The number of amides is 1. The lowest BCUT2D eigenvalue weighted by atomic mass is 10.1. The molecule has 0 aliphatic heterocycles. The molecule has 8 nitrogen and oxygen atoms in total. The van der Waals surface area contributed by atoms with Gasteiger partial charge in [0.15, 0.2) is 0 Å². The smallest absolute Gasteiger partial charge is 0.337 e. The number of nitrogens with two attached hydrogens (primary N) is 1. The van der Waals surface area contributed by atoms with Gasteiger partial charge in [0.05, 0.1) is 22.2 Å². The Morgan fingerprint density at radius 2 is 1.14 bits per heavy atom. The second kappa shape index (κ2) is 14.9. The number of aromatic carboxylic acids is 1. The van der Waals surface area contributed by atoms with Gasteiger partial charge in [-0.25, -0.2) is 4.79 Å². The molecule has 0 saturated heterocycles. The molecule has 2 aromatic heterocycles. The van der Waals surface area contributed by atoms with Gasteiger partial charge in [-0.2, -0.15) is 0 Å². The zero-order chi connectivity index (χ0) is 33.0. The number of carboxylic acid groups (broad SMARTS) is 1. The largest absolute Gasteiger partial charge is 0.478 e. The summed E-state index contributed by atoms with van der Waals surface area (Å²) in [5.74, 6) is -1.34. The van der Waals surface area contributed by atoms with Crippen molar-refractivity contribution in [3.63, 3.8) is 0 Å². The quantitative estimate of drug-likeness (QED) is 0.111. The zero-order valence-electron chi connectivity index (χ0n) is 27.0. The number of aromatic nitrogens is 2. The molecule has 2 heterocycles. The summed E-state index contributed by atoms with van der Waals surface area (Å²) >= 11 is 7.03. The summed E-state index contributed by atoms with van der Waals surface area (Å²) in [6.07, 6.45) is 0. The summed E-state index contributed by atoms with van der Waals surface area (Å²) in [7, 11) is -2.22. The van der Waals surface area contributed by atoms with Crippen molar-refractivity contribution >= 4 is 81.7 Å². The first-order valence-corrected chi connectivity index (χ1v) is 23.7. The Morgan fingerprint density at radius 3 is 1.50 bits per heavy atom. The van der Waals surface area contributed by atoms with E-state index in [4.69, 9.17) is 15.2 Å². The monoisotopic (exact) mass is 765 g/mol. The van der Waals surface area contributed by atoms with E-state index in [1.165, 1.54) is 0 Å². The lowest BCUT2D eigenvalue weighted by molar-refractivity contribution is 0.0695. The molecular weight excluding hydrogens is 722 g/mol. The van der Waals surface area contributed by atoms with E-state index >= 15 is 0 Å². The van der Waals surface area contributed by atoms with Gasteiger partial charge in [-0.15, -0.1) is 0 Å². The number of rotatable bonds is 12. The average Bonchev–Trinajstić information content (AvgIpc) is 3.41. The third-order valence-electron chi connectivity index (χ3n) is 7.35. The number of hydrogen-bond acceptors (Lipinski definition) is 4. The molecule has 0 atom stereocenters. The Kier molecular flexibility index (Phi) is 12.3. The van der Waals surface area contributed by atoms with Gasteiger partial charge in [-0.1, -0.05) is 71.1 Å². The summed E-state index contributed by atoms with van der Waals surface area (Å²) < 4.78 is 17.5. The minimum absolute atomic E-state index is 0.306. The number of halogens is 2. The Hall–Kier alpha value is -2.23. The van der Waals surface area contributed by atoms with Crippen molar-refractivity contribution in [2.45, 2.75) is 78.7 Å². The van der Waals surface area contributed by atoms with Crippen LogP contribution in [0.1, 0.15) is 32.1 Å². The lowest BCUT2D eigenvalue weighted by Gasteiger charge is -2.16. The number of fused-ring (bicyclic) bond motifs is 2. The fraction of sp³-hybridized carbons (Fsp3) is 0.438. The van der Waals surface area contributed by atoms with Crippen molar-refractivity contribution in [2.75, 3.05) is 13.2 Å². The Bertz CT molecular complexity index is 1530. The molecule has 0 saturated carbocycles. The van der Waals surface area contributed by atoms with Crippen LogP contribution in [0.25, 0.3) is 21.8 Å². The van der Waals surface area contributed by atoms with E-state index in [9.17, 15) is 14.7 Å². The van der Waals surface area contributed by atoms with Gasteiger partial charge < -0.3 is 29.4 Å². The normalized spacial score (nSPS) is 12.0. The van der Waals surface area contributed by atoms with Gasteiger partial charge in [0.25, 0.3) is 5.91 Å². The molecule has 0 aliphatic carbocycles. The molecule has 12 heteroatoms. The average molecular weight is 768 g/mol. The van der Waals surface area contributed by atoms with Crippen LogP contribution in [-0.2, 0) is 22.9 Å². The Morgan fingerprint density at radius 1 is 0.750 bits per heavy atom. The van der Waals surface area contributed by atoms with E-state index in [1.54, 1.807) is 18.2 Å². The molecule has 3 N–H and O–H groups in total. The maximum atomic E-state index is 11.7. The molecule has 0 radical (unpaired) electrons. The van der Waals surface area contributed by atoms with Crippen LogP contribution >= 0.6 is 31.9 Å². The first-order valence-electron chi connectivity index (χ1n) is 14.7. The number of carbonyl (C=O) groups excluding carboxylic acids is 1. The molecule has 4 aromatic rings. The summed E-state index contributed by atoms with van der Waals surface area (Å²) in [6, 6.07) is 13.3. The molecule has 0 bridgehead atoms. The SMILES string of the molecule is Cc1cc2c(Br)ccc(C(=O)O)c2n1COCC[Si](C)(C)C.Cc1cc2c(Br)ccc(C(N)=O)c2n1COCC[Si](C)(C)C. The summed E-state index contributed by atoms with van der Waals surface area (Å²) in [6.45, 7) is 20.2. The van der Waals surface area contributed by atoms with Crippen molar-refractivity contribution in [1.82, 2.24) is 9.13 Å². The fourth-order valence-electron chi connectivity index (χ4n) is 4.72. The molecule has 44 heavy (non-hydrogen) atoms. The second-order valence-electron chi connectivity index (χ2n) is 13.5.